The fourth-order valence-electron chi connectivity index (χ4n) is 5.75. The molecule has 43 heavy (non-hydrogen) atoms. The number of carbonyl (C=O) groups excluding carboxylic acids is 2. The minimum atomic E-state index is -0.536. The Morgan fingerprint density at radius 3 is 2.67 bits per heavy atom. The van der Waals surface area contributed by atoms with Crippen molar-refractivity contribution in [2.24, 2.45) is 0 Å². The lowest BCUT2D eigenvalue weighted by molar-refractivity contribution is 0.0128. The van der Waals surface area contributed by atoms with Gasteiger partial charge in [0.25, 0.3) is 5.91 Å². The maximum atomic E-state index is 13.8. The van der Waals surface area contributed by atoms with Gasteiger partial charge in [-0.05, 0) is 67.7 Å². The third kappa shape index (κ3) is 6.23. The van der Waals surface area contributed by atoms with E-state index in [2.05, 4.69) is 36.2 Å². The Morgan fingerprint density at radius 2 is 1.91 bits per heavy atom. The molecule has 2 aliphatic heterocycles. The van der Waals surface area contributed by atoms with Crippen molar-refractivity contribution in [1.82, 2.24) is 24.8 Å². The highest BCUT2D eigenvalue weighted by atomic mass is 79.9. The summed E-state index contributed by atoms with van der Waals surface area (Å²) >= 11 is 5.02. The first-order valence-electron chi connectivity index (χ1n) is 14.6. The summed E-state index contributed by atoms with van der Waals surface area (Å²) in [7, 11) is 0. The van der Waals surface area contributed by atoms with Crippen LogP contribution < -0.4 is 20.7 Å². The fraction of sp³-hybridized carbons (Fsp3) is 0.467. The van der Waals surface area contributed by atoms with Gasteiger partial charge in [0.05, 0.1) is 5.69 Å². The molecule has 13 heteroatoms. The van der Waals surface area contributed by atoms with Crippen LogP contribution in [0.15, 0.2) is 41.3 Å². The molecule has 2 saturated heterocycles. The van der Waals surface area contributed by atoms with Gasteiger partial charge >= 0.3 is 6.09 Å². The predicted molar refractivity (Wildman–Crippen MR) is 171 cm³/mol. The van der Waals surface area contributed by atoms with E-state index >= 15 is 0 Å². The van der Waals surface area contributed by atoms with Gasteiger partial charge < -0.3 is 30.3 Å². The standard InChI is InChI=1S/C30H36BrN7O4S/c1-30(2,3)42-29(40)36-13-10-19(11-14-36)41-25-20-8-4-5-9-22(20)43-26(25)28(39)35-18-7-6-12-37(16-18)21-15-23(31)38-24(21)27(32)33-17-34-38/h4-5,8-9,15,17-19H,6-7,10-14,16H2,1-3H3,(H,35,39)(H2,32,33,34)/t18-/m1/s1. The van der Waals surface area contributed by atoms with Crippen LogP contribution >= 0.6 is 27.3 Å². The Kier molecular flexibility index (Phi) is 8.12. The first-order valence-corrected chi connectivity index (χ1v) is 16.2. The van der Waals surface area contributed by atoms with E-state index in [1.807, 2.05) is 51.1 Å². The van der Waals surface area contributed by atoms with Crippen molar-refractivity contribution in [3.05, 3.63) is 46.1 Å². The quantitative estimate of drug-likeness (QED) is 0.287. The molecular weight excluding hydrogens is 634 g/mol. The van der Waals surface area contributed by atoms with E-state index < -0.39 is 5.60 Å². The van der Waals surface area contributed by atoms with Crippen LogP contribution in [0.2, 0.25) is 0 Å². The van der Waals surface area contributed by atoms with Crippen LogP contribution in [0.4, 0.5) is 16.3 Å². The van der Waals surface area contributed by atoms with Gasteiger partial charge in [-0.3, -0.25) is 4.79 Å². The summed E-state index contributed by atoms with van der Waals surface area (Å²) < 4.78 is 15.6. The number of hydrogen-bond donors (Lipinski definition) is 2. The van der Waals surface area contributed by atoms with Crippen molar-refractivity contribution >= 4 is 66.4 Å². The number of rotatable bonds is 5. The van der Waals surface area contributed by atoms with Gasteiger partial charge in [0.1, 0.15) is 33.0 Å². The fourth-order valence-corrected chi connectivity index (χ4v) is 7.28. The number of amides is 2. The number of benzene rings is 1. The van der Waals surface area contributed by atoms with Crippen molar-refractivity contribution in [1.29, 1.82) is 0 Å². The third-order valence-corrected chi connectivity index (χ3v) is 9.47. The molecular formula is C30H36BrN7O4S. The summed E-state index contributed by atoms with van der Waals surface area (Å²) in [6.07, 6.45) is 4.13. The van der Waals surface area contributed by atoms with Crippen LogP contribution in [-0.2, 0) is 4.74 Å². The van der Waals surface area contributed by atoms with Crippen LogP contribution in [0.5, 0.6) is 5.75 Å². The Hall–Kier alpha value is -3.58. The highest BCUT2D eigenvalue weighted by Crippen LogP contribution is 2.40. The van der Waals surface area contributed by atoms with E-state index in [4.69, 9.17) is 15.2 Å². The molecule has 0 unspecified atom stereocenters. The van der Waals surface area contributed by atoms with E-state index in [1.54, 1.807) is 9.42 Å². The number of anilines is 2. The molecule has 1 aromatic carbocycles. The minimum Gasteiger partial charge on any atom is -0.488 e. The summed E-state index contributed by atoms with van der Waals surface area (Å²) in [5.74, 6) is 0.889. The number of nitrogens with two attached hydrogens (primary N) is 1. The number of thiophene rings is 1. The van der Waals surface area contributed by atoms with Crippen molar-refractivity contribution in [3.63, 3.8) is 0 Å². The largest absolute Gasteiger partial charge is 0.488 e. The van der Waals surface area contributed by atoms with Gasteiger partial charge in [-0.2, -0.15) is 5.10 Å². The van der Waals surface area contributed by atoms with Crippen LogP contribution in [-0.4, -0.2) is 75.4 Å². The van der Waals surface area contributed by atoms with E-state index in [0.29, 0.717) is 48.9 Å². The average Bonchev–Trinajstić information content (AvgIpc) is 3.51. The summed E-state index contributed by atoms with van der Waals surface area (Å²) in [4.78, 5) is 35.1. The third-order valence-electron chi connectivity index (χ3n) is 7.75. The maximum absolute atomic E-state index is 13.8. The second kappa shape index (κ2) is 11.8. The molecule has 0 spiro atoms. The number of fused-ring (bicyclic) bond motifs is 2. The second-order valence-electron chi connectivity index (χ2n) is 12.1. The first kappa shape index (κ1) is 29.5. The smallest absolute Gasteiger partial charge is 0.410 e. The summed E-state index contributed by atoms with van der Waals surface area (Å²) in [6, 6.07) is 9.88. The zero-order chi connectivity index (χ0) is 30.3. The van der Waals surface area contributed by atoms with E-state index in [0.717, 1.165) is 45.3 Å². The van der Waals surface area contributed by atoms with Crippen molar-refractivity contribution in [2.75, 3.05) is 36.8 Å². The number of halogens is 1. The monoisotopic (exact) mass is 669 g/mol. The molecule has 0 saturated carbocycles. The summed E-state index contributed by atoms with van der Waals surface area (Å²) in [5, 5.41) is 8.53. The van der Waals surface area contributed by atoms with Crippen molar-refractivity contribution < 1.29 is 19.1 Å². The van der Waals surface area contributed by atoms with Crippen molar-refractivity contribution in [3.8, 4) is 5.75 Å². The highest BCUT2D eigenvalue weighted by Gasteiger charge is 2.31. The lowest BCUT2D eigenvalue weighted by atomic mass is 10.0. The van der Waals surface area contributed by atoms with Gasteiger partial charge in [-0.1, -0.05) is 12.1 Å². The predicted octanol–water partition coefficient (Wildman–Crippen LogP) is 5.47. The Morgan fingerprint density at radius 1 is 1.14 bits per heavy atom. The zero-order valence-corrected chi connectivity index (χ0v) is 26.9. The lowest BCUT2D eigenvalue weighted by Gasteiger charge is -2.34. The molecule has 11 nitrogen and oxygen atoms in total. The molecule has 3 N–H and O–H groups in total. The molecule has 2 aliphatic rings. The minimum absolute atomic E-state index is 0.0593. The van der Waals surface area contributed by atoms with E-state index in [1.165, 1.54) is 17.7 Å². The first-order chi connectivity index (χ1) is 20.6. The molecule has 228 valence electrons. The Labute approximate surface area is 262 Å². The number of hydrogen-bond acceptors (Lipinski definition) is 9. The number of nitrogens with zero attached hydrogens (tertiary/aromatic N) is 5. The summed E-state index contributed by atoms with van der Waals surface area (Å²) in [6.45, 7) is 8.16. The Balaban J connectivity index is 1.16. The molecule has 5 heterocycles. The Bertz CT molecular complexity index is 1660. The van der Waals surface area contributed by atoms with E-state index in [-0.39, 0.29) is 24.1 Å². The number of nitrogen functional groups attached to an aromatic ring is 1. The average molecular weight is 671 g/mol. The molecule has 1 atom stereocenters. The SMILES string of the molecule is CC(C)(C)OC(=O)N1CCC(Oc2c(C(=O)N[C@@H]3CCCN(c4cc(Br)n5ncnc(N)c45)C3)sc3ccccc23)CC1. The second-order valence-corrected chi connectivity index (χ2v) is 13.9. The zero-order valence-electron chi connectivity index (χ0n) is 24.5. The van der Waals surface area contributed by atoms with Crippen molar-refractivity contribution in [2.45, 2.75) is 64.2 Å². The normalized spacial score (nSPS) is 18.3. The molecule has 0 aliphatic carbocycles. The number of likely N-dealkylation sites (tertiary alicyclic amines) is 1. The molecule has 0 bridgehead atoms. The van der Waals surface area contributed by atoms with Gasteiger partial charge in [0.2, 0.25) is 0 Å². The molecule has 2 fully saturated rings. The summed E-state index contributed by atoms with van der Waals surface area (Å²) in [5.41, 5.74) is 7.37. The number of nitrogens with one attached hydrogen (secondary N) is 1. The van der Waals surface area contributed by atoms with Gasteiger partial charge in [0, 0.05) is 55.1 Å². The molecule has 6 rings (SSSR count). The number of aromatic nitrogens is 3. The van der Waals surface area contributed by atoms with Crippen LogP contribution in [0.1, 0.15) is 56.1 Å². The topological polar surface area (TPSA) is 127 Å². The van der Waals surface area contributed by atoms with Crippen LogP contribution in [0, 0.1) is 0 Å². The van der Waals surface area contributed by atoms with E-state index in [9.17, 15) is 9.59 Å². The number of ether oxygens (including phenoxy) is 2. The lowest BCUT2D eigenvalue weighted by Crippen LogP contribution is -2.47. The number of piperidine rings is 2. The molecule has 0 radical (unpaired) electrons. The van der Waals surface area contributed by atoms with Crippen LogP contribution in [0.25, 0.3) is 15.6 Å². The van der Waals surface area contributed by atoms with Gasteiger partial charge in [-0.25, -0.2) is 14.3 Å². The number of carbonyl (C=O) groups is 2. The highest BCUT2D eigenvalue weighted by molar-refractivity contribution is 9.10. The van der Waals surface area contributed by atoms with Gasteiger partial charge in [-0.15, -0.1) is 11.3 Å². The van der Waals surface area contributed by atoms with Crippen LogP contribution in [0.3, 0.4) is 0 Å². The maximum Gasteiger partial charge on any atom is 0.410 e. The molecule has 4 aromatic rings. The van der Waals surface area contributed by atoms with Gasteiger partial charge in [0.15, 0.2) is 11.6 Å². The molecule has 3 aromatic heterocycles. The molecule has 2 amide bonds.